The van der Waals surface area contributed by atoms with Gasteiger partial charge in [-0.2, -0.15) is 15.3 Å². The summed E-state index contributed by atoms with van der Waals surface area (Å²) in [4.78, 5) is 4.15. The van der Waals surface area contributed by atoms with E-state index in [1.54, 1.807) is 7.11 Å². The van der Waals surface area contributed by atoms with Crippen molar-refractivity contribution in [2.45, 2.75) is 12.1 Å². The maximum atomic E-state index is 8.49. The van der Waals surface area contributed by atoms with Crippen LogP contribution in [0, 0.1) is 11.3 Å². The van der Waals surface area contributed by atoms with Crippen LogP contribution in [0.4, 0.5) is 5.95 Å². The Balaban J connectivity index is 1.99. The lowest BCUT2D eigenvalue weighted by Crippen LogP contribution is -2.00. The summed E-state index contributed by atoms with van der Waals surface area (Å²) in [5.74, 6) is 1.54. The molecule has 1 aromatic carbocycles. The molecule has 1 heterocycles. The van der Waals surface area contributed by atoms with Gasteiger partial charge in [-0.3, -0.25) is 0 Å². The van der Waals surface area contributed by atoms with Crippen molar-refractivity contribution in [3.05, 3.63) is 29.8 Å². The highest BCUT2D eigenvalue weighted by atomic mass is 32.2. The van der Waals surface area contributed by atoms with Crippen molar-refractivity contribution < 1.29 is 4.74 Å². The normalized spacial score (nSPS) is 11.0. The second kappa shape index (κ2) is 7.31. The summed E-state index contributed by atoms with van der Waals surface area (Å²) >= 11 is 1.26. The van der Waals surface area contributed by atoms with Crippen LogP contribution in [0.25, 0.3) is 0 Å². The highest BCUT2D eigenvalue weighted by Gasteiger charge is 2.03. The molecule has 0 aliphatic rings. The van der Waals surface area contributed by atoms with E-state index in [2.05, 4.69) is 25.7 Å². The fourth-order valence-corrected chi connectivity index (χ4v) is 1.95. The molecule has 0 spiro atoms. The minimum absolute atomic E-state index is 0.311. The second-order valence-electron chi connectivity index (χ2n) is 3.95. The van der Waals surface area contributed by atoms with Gasteiger partial charge in [0.1, 0.15) is 5.75 Å². The van der Waals surface area contributed by atoms with Crippen LogP contribution in [-0.2, 0) is 0 Å². The predicted molar refractivity (Wildman–Crippen MR) is 81.5 cm³/mol. The van der Waals surface area contributed by atoms with Crippen LogP contribution < -0.4 is 10.2 Å². The van der Waals surface area contributed by atoms with Crippen LogP contribution in [0.5, 0.6) is 5.75 Å². The molecule has 0 amide bonds. The van der Waals surface area contributed by atoms with E-state index < -0.39 is 0 Å². The molecule has 1 aromatic heterocycles. The van der Waals surface area contributed by atoms with Crippen LogP contribution in [0.1, 0.15) is 12.5 Å². The minimum Gasteiger partial charge on any atom is -0.497 e. The molecular weight excluding hydrogens is 288 g/mol. The molecule has 0 saturated carbocycles. The van der Waals surface area contributed by atoms with E-state index >= 15 is 0 Å². The average molecular weight is 302 g/mol. The van der Waals surface area contributed by atoms with Gasteiger partial charge in [-0.25, -0.2) is 10.5 Å². The van der Waals surface area contributed by atoms with E-state index in [1.807, 2.05) is 37.3 Å². The van der Waals surface area contributed by atoms with Gasteiger partial charge < -0.3 is 4.74 Å². The average Bonchev–Trinajstić information content (AvgIpc) is 2.98. The van der Waals surface area contributed by atoms with E-state index in [9.17, 15) is 0 Å². The number of hydrogen-bond acceptors (Lipinski definition) is 7. The number of nitriles is 1. The van der Waals surface area contributed by atoms with Gasteiger partial charge in [0.25, 0.3) is 0 Å². The van der Waals surface area contributed by atoms with E-state index in [1.165, 1.54) is 11.8 Å². The van der Waals surface area contributed by atoms with Gasteiger partial charge in [0.2, 0.25) is 11.1 Å². The lowest BCUT2D eigenvalue weighted by molar-refractivity contribution is 0.415. The van der Waals surface area contributed by atoms with Crippen molar-refractivity contribution in [3.8, 4) is 11.8 Å². The SMILES string of the molecule is COc1ccc(/C(C)=N\Nc2nc(SCC#N)n[nH]2)cc1. The van der Waals surface area contributed by atoms with Crippen LogP contribution in [-0.4, -0.2) is 33.8 Å². The van der Waals surface area contributed by atoms with Gasteiger partial charge in [-0.15, -0.1) is 5.10 Å². The summed E-state index contributed by atoms with van der Waals surface area (Å²) in [6, 6.07) is 9.62. The number of methoxy groups -OCH3 is 1. The van der Waals surface area contributed by atoms with Crippen molar-refractivity contribution in [2.75, 3.05) is 18.3 Å². The molecule has 108 valence electrons. The van der Waals surface area contributed by atoms with E-state index in [0.717, 1.165) is 17.0 Å². The zero-order chi connectivity index (χ0) is 15.1. The molecule has 0 atom stereocenters. The third kappa shape index (κ3) is 4.22. The molecule has 0 saturated heterocycles. The molecule has 21 heavy (non-hydrogen) atoms. The Bertz CT molecular complexity index is 658. The molecule has 2 rings (SSSR count). The zero-order valence-corrected chi connectivity index (χ0v) is 12.4. The largest absolute Gasteiger partial charge is 0.497 e. The van der Waals surface area contributed by atoms with Gasteiger partial charge in [-0.1, -0.05) is 11.8 Å². The number of H-pyrrole nitrogens is 1. The van der Waals surface area contributed by atoms with Crippen molar-refractivity contribution >= 4 is 23.4 Å². The van der Waals surface area contributed by atoms with Gasteiger partial charge in [0.15, 0.2) is 0 Å². The topological polar surface area (TPSA) is 99.0 Å². The number of nitrogens with zero attached hydrogens (tertiary/aromatic N) is 4. The third-order valence-corrected chi connectivity index (χ3v) is 3.28. The molecule has 2 N–H and O–H groups in total. The number of nitrogens with one attached hydrogen (secondary N) is 2. The molecule has 0 aliphatic heterocycles. The number of anilines is 1. The van der Waals surface area contributed by atoms with Crippen LogP contribution in [0.15, 0.2) is 34.5 Å². The number of hydrogen-bond donors (Lipinski definition) is 2. The molecular formula is C13H14N6OS. The third-order valence-electron chi connectivity index (χ3n) is 2.57. The smallest absolute Gasteiger partial charge is 0.240 e. The molecule has 0 fully saturated rings. The van der Waals surface area contributed by atoms with E-state index in [4.69, 9.17) is 10.00 Å². The number of aromatic amines is 1. The Hall–Kier alpha value is -2.53. The summed E-state index contributed by atoms with van der Waals surface area (Å²) in [6.45, 7) is 1.89. The van der Waals surface area contributed by atoms with E-state index in [-0.39, 0.29) is 0 Å². The van der Waals surface area contributed by atoms with Crippen LogP contribution >= 0.6 is 11.8 Å². The summed E-state index contributed by atoms with van der Waals surface area (Å²) in [5, 5.41) is 19.9. The molecule has 0 bridgehead atoms. The Morgan fingerprint density at radius 3 is 2.90 bits per heavy atom. The van der Waals surface area contributed by atoms with Gasteiger partial charge in [-0.05, 0) is 36.8 Å². The first-order valence-corrected chi connectivity index (χ1v) is 7.08. The van der Waals surface area contributed by atoms with Gasteiger partial charge in [0, 0.05) is 0 Å². The Labute approximate surface area is 126 Å². The first-order chi connectivity index (χ1) is 10.2. The summed E-state index contributed by atoms with van der Waals surface area (Å²) < 4.78 is 5.11. The fraction of sp³-hybridized carbons (Fsp3) is 0.231. The molecule has 0 aliphatic carbocycles. The standard InChI is InChI=1S/C13H14N6OS/c1-9(10-3-5-11(20-2)6-4-10)16-17-12-15-13(19-18-12)21-8-7-14/h3-6H,8H2,1-2H3,(H2,15,17,18,19)/b16-9-. The van der Waals surface area contributed by atoms with Crippen LogP contribution in [0.3, 0.4) is 0 Å². The monoisotopic (exact) mass is 302 g/mol. The molecule has 0 radical (unpaired) electrons. The van der Waals surface area contributed by atoms with Crippen molar-refractivity contribution in [3.63, 3.8) is 0 Å². The number of ether oxygens (including phenoxy) is 1. The van der Waals surface area contributed by atoms with Crippen molar-refractivity contribution in [1.82, 2.24) is 15.2 Å². The Morgan fingerprint density at radius 2 is 2.24 bits per heavy atom. The minimum atomic E-state index is 0.311. The maximum Gasteiger partial charge on any atom is 0.240 e. The number of benzene rings is 1. The molecule has 7 nitrogen and oxygen atoms in total. The maximum absolute atomic E-state index is 8.49. The highest BCUT2D eigenvalue weighted by Crippen LogP contribution is 2.14. The number of aromatic nitrogens is 3. The Morgan fingerprint density at radius 1 is 1.48 bits per heavy atom. The lowest BCUT2D eigenvalue weighted by Gasteiger charge is -2.03. The first-order valence-electron chi connectivity index (χ1n) is 6.10. The zero-order valence-electron chi connectivity index (χ0n) is 11.6. The quantitative estimate of drug-likeness (QED) is 0.482. The second-order valence-corrected chi connectivity index (χ2v) is 4.89. The highest BCUT2D eigenvalue weighted by molar-refractivity contribution is 7.99. The molecule has 8 heteroatoms. The van der Waals surface area contributed by atoms with Crippen LogP contribution in [0.2, 0.25) is 0 Å². The van der Waals surface area contributed by atoms with Crippen molar-refractivity contribution in [1.29, 1.82) is 5.26 Å². The van der Waals surface area contributed by atoms with Crippen molar-refractivity contribution in [2.24, 2.45) is 5.10 Å². The van der Waals surface area contributed by atoms with E-state index in [0.29, 0.717) is 16.9 Å². The van der Waals surface area contributed by atoms with Gasteiger partial charge >= 0.3 is 0 Å². The molecule has 2 aromatic rings. The predicted octanol–water partition coefficient (Wildman–Crippen LogP) is 2.27. The molecule has 0 unspecified atom stereocenters. The van der Waals surface area contributed by atoms with Gasteiger partial charge in [0.05, 0.1) is 24.6 Å². The number of rotatable bonds is 6. The first kappa shape index (κ1) is 14.9. The fourth-order valence-electron chi connectivity index (χ4n) is 1.49. The number of hydrazone groups is 1. The summed E-state index contributed by atoms with van der Waals surface area (Å²) in [6.07, 6.45) is 0. The number of thioether (sulfide) groups is 1. The lowest BCUT2D eigenvalue weighted by atomic mass is 10.1. The Kier molecular flexibility index (Phi) is 5.17. The summed E-state index contributed by atoms with van der Waals surface area (Å²) in [7, 11) is 1.63. The summed E-state index contributed by atoms with van der Waals surface area (Å²) in [5.41, 5.74) is 4.58.